The van der Waals surface area contributed by atoms with Gasteiger partial charge >= 0.3 is 0 Å². The Kier molecular flexibility index (Phi) is 8.15. The van der Waals surface area contributed by atoms with E-state index in [1.165, 1.54) is 4.68 Å². The Balaban J connectivity index is 3.44. The minimum atomic E-state index is -0.614. The van der Waals surface area contributed by atoms with Crippen LogP contribution >= 0.6 is 15.9 Å². The molecule has 0 aliphatic carbocycles. The fraction of sp³-hybridized carbons (Fsp3) is 0.588. The molecular weight excluding hydrogens is 388 g/mol. The van der Waals surface area contributed by atoms with Gasteiger partial charge in [-0.05, 0) is 34.7 Å². The highest BCUT2D eigenvalue weighted by Crippen LogP contribution is 2.32. The highest BCUT2D eigenvalue weighted by molar-refractivity contribution is 9.10. The highest BCUT2D eigenvalue weighted by Gasteiger charge is 2.24. The fourth-order valence-electron chi connectivity index (χ4n) is 2.43. The van der Waals surface area contributed by atoms with Gasteiger partial charge in [0.2, 0.25) is 5.88 Å². The number of rotatable bonds is 9. The second-order valence-electron chi connectivity index (χ2n) is 6.24. The third-order valence-corrected chi connectivity index (χ3v) is 4.36. The lowest BCUT2D eigenvalue weighted by Crippen LogP contribution is -2.29. The molecular formula is C17H27BrN4O3. The number of amides is 1. The molecule has 0 spiro atoms. The van der Waals surface area contributed by atoms with Crippen LogP contribution in [0.5, 0.6) is 0 Å². The van der Waals surface area contributed by atoms with E-state index in [-0.39, 0.29) is 5.57 Å². The van der Waals surface area contributed by atoms with Crippen molar-refractivity contribution in [3.8, 4) is 0 Å². The average molecular weight is 415 g/mol. The van der Waals surface area contributed by atoms with E-state index in [0.29, 0.717) is 31.0 Å². The number of aliphatic hydroxyl groups is 1. The minimum Gasteiger partial charge on any atom is -0.493 e. The van der Waals surface area contributed by atoms with E-state index in [0.717, 1.165) is 23.1 Å². The zero-order valence-electron chi connectivity index (χ0n) is 15.5. The van der Waals surface area contributed by atoms with Crippen LogP contribution < -0.4 is 10.2 Å². The Morgan fingerprint density at radius 1 is 1.44 bits per heavy atom. The zero-order chi connectivity index (χ0) is 19.1. The van der Waals surface area contributed by atoms with Crippen molar-refractivity contribution in [2.75, 3.05) is 25.0 Å². The molecule has 1 rings (SSSR count). The van der Waals surface area contributed by atoms with Gasteiger partial charge in [0, 0.05) is 20.1 Å². The van der Waals surface area contributed by atoms with Gasteiger partial charge in [-0.25, -0.2) is 0 Å². The van der Waals surface area contributed by atoms with E-state index < -0.39 is 11.8 Å². The number of halogens is 1. The predicted molar refractivity (Wildman–Crippen MR) is 103 cm³/mol. The van der Waals surface area contributed by atoms with E-state index in [9.17, 15) is 14.7 Å². The molecule has 0 saturated carbocycles. The van der Waals surface area contributed by atoms with Gasteiger partial charge in [-0.15, -0.1) is 0 Å². The summed E-state index contributed by atoms with van der Waals surface area (Å²) >= 11 is 3.52. The van der Waals surface area contributed by atoms with Gasteiger partial charge in [-0.3, -0.25) is 9.59 Å². The number of carbonyl (C=O) groups excluding carboxylic acids is 2. The molecule has 1 aromatic rings. The maximum Gasteiger partial charge on any atom is 0.260 e. The number of aliphatic hydroxyl groups excluding tert-OH is 1. The molecule has 0 aromatic carbocycles. The van der Waals surface area contributed by atoms with Crippen molar-refractivity contribution >= 4 is 39.8 Å². The van der Waals surface area contributed by atoms with E-state index >= 15 is 0 Å². The number of nitrogens with zero attached hydrogens (tertiary/aromatic N) is 3. The Morgan fingerprint density at radius 3 is 2.56 bits per heavy atom. The molecule has 140 valence electrons. The Labute approximate surface area is 157 Å². The van der Waals surface area contributed by atoms with Crippen LogP contribution in [0.2, 0.25) is 0 Å². The number of hydrogen-bond acceptors (Lipinski definition) is 5. The summed E-state index contributed by atoms with van der Waals surface area (Å²) in [7, 11) is 1.88. The molecule has 1 aromatic heterocycles. The van der Waals surface area contributed by atoms with E-state index in [4.69, 9.17) is 0 Å². The molecule has 0 bridgehead atoms. The van der Waals surface area contributed by atoms with Crippen LogP contribution in [0.25, 0.3) is 5.88 Å². The van der Waals surface area contributed by atoms with Crippen LogP contribution in [0.3, 0.4) is 0 Å². The lowest BCUT2D eigenvalue weighted by molar-refractivity contribution is -0.119. The third-order valence-electron chi connectivity index (χ3n) is 3.55. The van der Waals surface area contributed by atoms with Crippen LogP contribution in [0.4, 0.5) is 5.82 Å². The first-order valence-electron chi connectivity index (χ1n) is 8.43. The van der Waals surface area contributed by atoms with Crippen molar-refractivity contribution < 1.29 is 14.7 Å². The summed E-state index contributed by atoms with van der Waals surface area (Å²) in [5.41, 5.74) is 0.390. The monoisotopic (exact) mass is 414 g/mol. The molecule has 0 atom stereocenters. The molecule has 0 fully saturated rings. The number of anilines is 1. The Hall–Kier alpha value is -1.83. The minimum absolute atomic E-state index is 0.342. The van der Waals surface area contributed by atoms with E-state index in [2.05, 4.69) is 40.2 Å². The van der Waals surface area contributed by atoms with Gasteiger partial charge in [-0.1, -0.05) is 27.7 Å². The van der Waals surface area contributed by atoms with Gasteiger partial charge in [0.25, 0.3) is 5.91 Å². The van der Waals surface area contributed by atoms with Crippen LogP contribution in [0.1, 0.15) is 39.8 Å². The lowest BCUT2D eigenvalue weighted by atomic mass is 10.2. The van der Waals surface area contributed by atoms with Crippen LogP contribution in [-0.4, -0.2) is 47.2 Å². The van der Waals surface area contributed by atoms with Gasteiger partial charge < -0.3 is 15.3 Å². The zero-order valence-corrected chi connectivity index (χ0v) is 17.1. The number of aryl methyl sites for hydroxylation is 1. The molecule has 0 radical (unpaired) electrons. The molecule has 2 N–H and O–H groups in total. The van der Waals surface area contributed by atoms with Crippen molar-refractivity contribution in [2.45, 2.75) is 40.5 Å². The first-order chi connectivity index (χ1) is 11.8. The van der Waals surface area contributed by atoms with E-state index in [1.807, 2.05) is 25.8 Å². The first-order valence-corrected chi connectivity index (χ1v) is 9.23. The number of aldehydes is 1. The van der Waals surface area contributed by atoms with Gasteiger partial charge in [0.05, 0.1) is 10.2 Å². The number of nitrogens with one attached hydrogen (secondary N) is 1. The third kappa shape index (κ3) is 5.07. The topological polar surface area (TPSA) is 87.5 Å². The molecule has 0 unspecified atom stereocenters. The van der Waals surface area contributed by atoms with Crippen LogP contribution in [0, 0.1) is 5.92 Å². The Bertz CT molecular complexity index is 653. The molecule has 1 amide bonds. The second-order valence-corrected chi connectivity index (χ2v) is 7.03. The lowest BCUT2D eigenvalue weighted by Gasteiger charge is -2.22. The molecule has 7 nitrogen and oxygen atoms in total. The smallest absolute Gasteiger partial charge is 0.260 e. The largest absolute Gasteiger partial charge is 0.493 e. The summed E-state index contributed by atoms with van der Waals surface area (Å²) in [6.45, 7) is 9.15. The molecule has 0 aliphatic heterocycles. The number of hydrogen-bond donors (Lipinski definition) is 2. The summed E-state index contributed by atoms with van der Waals surface area (Å²) in [4.78, 5) is 25.5. The van der Waals surface area contributed by atoms with Crippen LogP contribution in [0.15, 0.2) is 10.0 Å². The maximum atomic E-state index is 12.1. The SMILES string of the molecule is CCCNC(=O)/C(C=O)=C(\O)n1nc(CC)c(Br)c1N(C)CC(C)C. The molecule has 8 heteroatoms. The Morgan fingerprint density at radius 2 is 2.08 bits per heavy atom. The number of aromatic nitrogens is 2. The normalized spacial score (nSPS) is 12.1. The highest BCUT2D eigenvalue weighted by atomic mass is 79.9. The predicted octanol–water partition coefficient (Wildman–Crippen LogP) is 2.75. The molecule has 0 saturated heterocycles. The van der Waals surface area contributed by atoms with Crippen molar-refractivity contribution in [3.63, 3.8) is 0 Å². The second kappa shape index (κ2) is 9.60. The average Bonchev–Trinajstić information content (AvgIpc) is 2.89. The summed E-state index contributed by atoms with van der Waals surface area (Å²) in [5, 5.41) is 17.6. The van der Waals surface area contributed by atoms with E-state index in [1.54, 1.807) is 0 Å². The summed E-state index contributed by atoms with van der Waals surface area (Å²) < 4.78 is 1.99. The fourth-order valence-corrected chi connectivity index (χ4v) is 3.26. The quantitative estimate of drug-likeness (QED) is 0.213. The van der Waals surface area contributed by atoms with Gasteiger partial charge in [-0.2, -0.15) is 9.78 Å². The van der Waals surface area contributed by atoms with Gasteiger partial charge in [0.1, 0.15) is 11.4 Å². The number of carbonyl (C=O) groups is 2. The summed E-state index contributed by atoms with van der Waals surface area (Å²) in [6, 6.07) is 0. The van der Waals surface area contributed by atoms with Crippen molar-refractivity contribution in [3.05, 3.63) is 15.7 Å². The van der Waals surface area contributed by atoms with Crippen molar-refractivity contribution in [1.82, 2.24) is 15.1 Å². The molecule has 25 heavy (non-hydrogen) atoms. The molecule has 1 heterocycles. The van der Waals surface area contributed by atoms with Crippen LogP contribution in [-0.2, 0) is 16.0 Å². The molecule has 0 aliphatic rings. The maximum absolute atomic E-state index is 12.1. The van der Waals surface area contributed by atoms with Crippen molar-refractivity contribution in [1.29, 1.82) is 0 Å². The first kappa shape index (κ1) is 21.2. The standard InChI is InChI=1S/C17H27BrN4O3/c1-6-8-19-15(24)12(10-23)17(25)22-16(21(5)9-11(3)4)14(18)13(7-2)20-22/h10-11,25H,6-9H2,1-5H3,(H,19,24)/b17-12-. The van der Waals surface area contributed by atoms with Gasteiger partial charge in [0.15, 0.2) is 6.29 Å². The summed E-state index contributed by atoms with van der Waals surface area (Å²) in [6.07, 6.45) is 1.73. The van der Waals surface area contributed by atoms with Crippen molar-refractivity contribution in [2.24, 2.45) is 5.92 Å². The summed E-state index contributed by atoms with van der Waals surface area (Å²) in [5.74, 6) is -0.105.